The van der Waals surface area contributed by atoms with Crippen LogP contribution in [0.25, 0.3) is 0 Å². The Morgan fingerprint density at radius 2 is 2.16 bits per heavy atom. The number of likely N-dealkylation sites (tertiary alicyclic amines) is 1. The summed E-state index contributed by atoms with van der Waals surface area (Å²) in [5.74, 6) is -0.00617. The normalized spacial score (nSPS) is 23.9. The maximum Gasteiger partial charge on any atom is 0.254 e. The van der Waals surface area contributed by atoms with Crippen LogP contribution in [0.4, 0.5) is 0 Å². The molecule has 1 saturated heterocycles. The van der Waals surface area contributed by atoms with Gasteiger partial charge in [-0.3, -0.25) is 4.79 Å². The number of ether oxygens (including phenoxy) is 1. The van der Waals surface area contributed by atoms with Gasteiger partial charge in [0.1, 0.15) is 0 Å². The lowest BCUT2D eigenvalue weighted by Crippen LogP contribution is -2.68. The molecule has 1 aliphatic rings. The summed E-state index contributed by atoms with van der Waals surface area (Å²) in [7, 11) is 0. The molecule has 1 amide bonds. The Hall–Kier alpha value is -1.32. The van der Waals surface area contributed by atoms with Gasteiger partial charge < -0.3 is 9.64 Å². The topological polar surface area (TPSA) is 29.5 Å². The van der Waals surface area contributed by atoms with Gasteiger partial charge in [0.05, 0.1) is 18.0 Å². The Morgan fingerprint density at radius 3 is 2.74 bits per heavy atom. The van der Waals surface area contributed by atoms with E-state index >= 15 is 0 Å². The van der Waals surface area contributed by atoms with E-state index in [0.717, 1.165) is 5.56 Å². The average molecular weight is 280 g/mol. The zero-order valence-electron chi connectivity index (χ0n) is 11.0. The van der Waals surface area contributed by atoms with Gasteiger partial charge in [0, 0.05) is 6.54 Å². The van der Waals surface area contributed by atoms with Crippen LogP contribution in [0.3, 0.4) is 0 Å². The summed E-state index contributed by atoms with van der Waals surface area (Å²) < 4.78 is 5.72. The van der Waals surface area contributed by atoms with Crippen LogP contribution in [0, 0.1) is 0 Å². The SMILES string of the molecule is C=CCN1C(=O)[C@@H](OCc2ccccc2)[C@H]1[C@H](C)Cl. The number of carbonyl (C=O) groups is 1. The maximum absolute atomic E-state index is 12.0. The number of amides is 1. The van der Waals surface area contributed by atoms with Crippen molar-refractivity contribution in [2.45, 2.75) is 31.1 Å². The quantitative estimate of drug-likeness (QED) is 0.455. The smallest absolute Gasteiger partial charge is 0.254 e. The number of alkyl halides is 1. The predicted octanol–water partition coefficient (Wildman–Crippen LogP) is 2.60. The second-order valence-electron chi connectivity index (χ2n) is 4.66. The van der Waals surface area contributed by atoms with Crippen molar-refractivity contribution in [3.63, 3.8) is 0 Å². The Morgan fingerprint density at radius 1 is 1.47 bits per heavy atom. The largest absolute Gasteiger partial charge is 0.361 e. The Bertz CT molecular complexity index is 447. The van der Waals surface area contributed by atoms with Crippen molar-refractivity contribution in [1.82, 2.24) is 4.90 Å². The first-order chi connectivity index (χ1) is 9.15. The number of hydrogen-bond acceptors (Lipinski definition) is 2. The van der Waals surface area contributed by atoms with E-state index in [1.54, 1.807) is 11.0 Å². The van der Waals surface area contributed by atoms with Gasteiger partial charge in [-0.05, 0) is 12.5 Å². The van der Waals surface area contributed by atoms with Gasteiger partial charge in [-0.25, -0.2) is 0 Å². The van der Waals surface area contributed by atoms with Gasteiger partial charge in [-0.1, -0.05) is 36.4 Å². The summed E-state index contributed by atoms with van der Waals surface area (Å²) in [6, 6.07) is 9.73. The Balaban J connectivity index is 1.96. The summed E-state index contributed by atoms with van der Waals surface area (Å²) in [5, 5.41) is -0.140. The van der Waals surface area contributed by atoms with Crippen LogP contribution < -0.4 is 0 Å². The summed E-state index contributed by atoms with van der Waals surface area (Å²) in [6.45, 7) is 6.48. The van der Waals surface area contributed by atoms with Crippen LogP contribution >= 0.6 is 11.6 Å². The lowest BCUT2D eigenvalue weighted by Gasteiger charge is -2.47. The number of β-lactam (4-membered cyclic amide) rings is 1. The number of hydrogen-bond donors (Lipinski definition) is 0. The second kappa shape index (κ2) is 6.22. The number of benzene rings is 1. The van der Waals surface area contributed by atoms with Crippen LogP contribution in [0.5, 0.6) is 0 Å². The molecule has 0 unspecified atom stereocenters. The number of nitrogens with zero attached hydrogens (tertiary/aromatic N) is 1. The molecule has 0 aromatic heterocycles. The predicted molar refractivity (Wildman–Crippen MR) is 76.0 cm³/mol. The lowest BCUT2D eigenvalue weighted by atomic mass is 9.95. The highest BCUT2D eigenvalue weighted by atomic mass is 35.5. The molecule has 1 aliphatic heterocycles. The first-order valence-electron chi connectivity index (χ1n) is 6.36. The molecule has 0 spiro atoms. The molecule has 1 heterocycles. The van der Waals surface area contributed by atoms with Gasteiger partial charge in [-0.2, -0.15) is 0 Å². The highest BCUT2D eigenvalue weighted by molar-refractivity contribution is 6.21. The summed E-state index contributed by atoms with van der Waals surface area (Å²) in [6.07, 6.45) is 1.27. The molecule has 1 aromatic carbocycles. The first kappa shape index (κ1) is 14.1. The monoisotopic (exact) mass is 279 g/mol. The Kier molecular flexibility index (Phi) is 4.61. The molecule has 3 atom stereocenters. The minimum atomic E-state index is -0.437. The van der Waals surface area contributed by atoms with E-state index in [2.05, 4.69) is 6.58 Å². The van der Waals surface area contributed by atoms with Crippen molar-refractivity contribution in [3.05, 3.63) is 48.6 Å². The summed E-state index contributed by atoms with van der Waals surface area (Å²) >= 11 is 6.14. The van der Waals surface area contributed by atoms with E-state index in [4.69, 9.17) is 16.3 Å². The third-order valence-corrected chi connectivity index (χ3v) is 3.52. The fourth-order valence-electron chi connectivity index (χ4n) is 2.31. The third-order valence-electron chi connectivity index (χ3n) is 3.27. The van der Waals surface area contributed by atoms with E-state index in [1.165, 1.54) is 0 Å². The second-order valence-corrected chi connectivity index (χ2v) is 5.35. The molecule has 1 aromatic rings. The van der Waals surface area contributed by atoms with Gasteiger partial charge in [0.15, 0.2) is 6.10 Å². The van der Waals surface area contributed by atoms with Crippen LogP contribution in [0.15, 0.2) is 43.0 Å². The van der Waals surface area contributed by atoms with Gasteiger partial charge in [0.25, 0.3) is 5.91 Å². The van der Waals surface area contributed by atoms with Gasteiger partial charge in [0.2, 0.25) is 0 Å². The van der Waals surface area contributed by atoms with Gasteiger partial charge in [-0.15, -0.1) is 18.2 Å². The third kappa shape index (κ3) is 2.99. The average Bonchev–Trinajstić information content (AvgIpc) is 2.41. The number of carbonyl (C=O) groups excluding carboxylic acids is 1. The van der Waals surface area contributed by atoms with Crippen LogP contribution in [-0.2, 0) is 16.1 Å². The first-order valence-corrected chi connectivity index (χ1v) is 6.79. The fourth-order valence-corrected chi connectivity index (χ4v) is 2.58. The fraction of sp³-hybridized carbons (Fsp3) is 0.400. The molecule has 0 radical (unpaired) electrons. The zero-order valence-corrected chi connectivity index (χ0v) is 11.7. The molecule has 19 heavy (non-hydrogen) atoms. The van der Waals surface area contributed by atoms with Crippen molar-refractivity contribution in [2.24, 2.45) is 0 Å². The number of rotatable bonds is 6. The molecular formula is C15H18ClNO2. The molecule has 0 aliphatic carbocycles. The molecule has 2 rings (SSSR count). The van der Waals surface area contributed by atoms with E-state index in [9.17, 15) is 4.79 Å². The molecule has 0 saturated carbocycles. The summed E-state index contributed by atoms with van der Waals surface area (Å²) in [4.78, 5) is 13.7. The van der Waals surface area contributed by atoms with Crippen molar-refractivity contribution < 1.29 is 9.53 Å². The molecule has 0 N–H and O–H groups in total. The van der Waals surface area contributed by atoms with Crippen LogP contribution in [-0.4, -0.2) is 34.9 Å². The standard InChI is InChI=1S/C15H18ClNO2/c1-3-9-17-13(11(2)16)14(15(17)18)19-10-12-7-5-4-6-8-12/h3-8,11,13-14H,1,9-10H2,2H3/t11-,13+,14-/m0/s1. The minimum absolute atomic E-state index is 0.00617. The van der Waals surface area contributed by atoms with E-state index in [1.807, 2.05) is 37.3 Å². The molecular weight excluding hydrogens is 262 g/mol. The molecule has 1 fully saturated rings. The van der Waals surface area contributed by atoms with Crippen molar-refractivity contribution in [3.8, 4) is 0 Å². The number of halogens is 1. The summed E-state index contributed by atoms with van der Waals surface area (Å²) in [5.41, 5.74) is 1.05. The minimum Gasteiger partial charge on any atom is -0.361 e. The van der Waals surface area contributed by atoms with Gasteiger partial charge >= 0.3 is 0 Å². The lowest BCUT2D eigenvalue weighted by molar-refractivity contribution is -0.174. The maximum atomic E-state index is 12.0. The van der Waals surface area contributed by atoms with Crippen molar-refractivity contribution in [2.75, 3.05) is 6.54 Å². The molecule has 102 valence electrons. The highest BCUT2D eigenvalue weighted by Crippen LogP contribution is 2.29. The molecule has 0 bridgehead atoms. The van der Waals surface area contributed by atoms with Crippen LogP contribution in [0.1, 0.15) is 12.5 Å². The van der Waals surface area contributed by atoms with E-state index in [-0.39, 0.29) is 17.3 Å². The molecule has 4 heteroatoms. The van der Waals surface area contributed by atoms with E-state index < -0.39 is 6.10 Å². The Labute approximate surface area is 118 Å². The molecule has 3 nitrogen and oxygen atoms in total. The van der Waals surface area contributed by atoms with Crippen molar-refractivity contribution >= 4 is 17.5 Å². The van der Waals surface area contributed by atoms with Crippen molar-refractivity contribution in [1.29, 1.82) is 0 Å². The highest BCUT2D eigenvalue weighted by Gasteiger charge is 2.49. The van der Waals surface area contributed by atoms with Crippen LogP contribution in [0.2, 0.25) is 0 Å². The van der Waals surface area contributed by atoms with E-state index in [0.29, 0.717) is 13.2 Å². The zero-order chi connectivity index (χ0) is 13.8.